The predicted octanol–water partition coefficient (Wildman–Crippen LogP) is 0.186. The molecule has 0 radical (unpaired) electrons. The molecule has 104 valence electrons. The van der Waals surface area contributed by atoms with Gasteiger partial charge in [-0.25, -0.2) is 0 Å². The van der Waals surface area contributed by atoms with Gasteiger partial charge in [-0.3, -0.25) is 4.79 Å². The van der Waals surface area contributed by atoms with Crippen LogP contribution in [-0.4, -0.2) is 41.9 Å². The van der Waals surface area contributed by atoms with Crippen LogP contribution in [0.3, 0.4) is 0 Å². The zero-order chi connectivity index (χ0) is 14.0. The summed E-state index contributed by atoms with van der Waals surface area (Å²) < 4.78 is 42.2. The summed E-state index contributed by atoms with van der Waals surface area (Å²) in [7, 11) is 0. The van der Waals surface area contributed by atoms with Crippen molar-refractivity contribution in [1.29, 1.82) is 0 Å². The quantitative estimate of drug-likeness (QED) is 0.833. The number of halogens is 3. The van der Waals surface area contributed by atoms with E-state index < -0.39 is 23.8 Å². The second kappa shape index (κ2) is 5.00. The number of hydrogen-bond acceptors (Lipinski definition) is 5. The van der Waals surface area contributed by atoms with Crippen LogP contribution < -0.4 is 10.6 Å². The van der Waals surface area contributed by atoms with Crippen LogP contribution in [0.2, 0.25) is 0 Å². The lowest BCUT2D eigenvalue weighted by molar-refractivity contribution is -0.141. The monoisotopic (exact) mass is 276 g/mol. The van der Waals surface area contributed by atoms with Gasteiger partial charge in [0.05, 0.1) is 13.2 Å². The number of amides is 1. The van der Waals surface area contributed by atoms with Crippen molar-refractivity contribution in [2.75, 3.05) is 24.7 Å². The number of anilines is 1. The Morgan fingerprint density at radius 3 is 2.68 bits per heavy atom. The third-order valence-corrected chi connectivity index (χ3v) is 2.69. The Balaban J connectivity index is 2.23. The highest BCUT2D eigenvalue weighted by Gasteiger charge is 2.34. The average Bonchev–Trinajstić information content (AvgIpc) is 2.38. The topological polar surface area (TPSA) is 81.3 Å². The number of nitrogens with two attached hydrogens (primary N) is 1. The molecule has 1 atom stereocenters. The van der Waals surface area contributed by atoms with E-state index in [0.717, 1.165) is 12.1 Å². The van der Waals surface area contributed by atoms with E-state index >= 15 is 0 Å². The minimum Gasteiger partial charge on any atom is -0.377 e. The van der Waals surface area contributed by atoms with Gasteiger partial charge in [-0.05, 0) is 12.1 Å². The fourth-order valence-corrected chi connectivity index (χ4v) is 1.74. The van der Waals surface area contributed by atoms with E-state index in [1.807, 2.05) is 0 Å². The van der Waals surface area contributed by atoms with Crippen LogP contribution in [0, 0.1) is 0 Å². The lowest BCUT2D eigenvalue weighted by Gasteiger charge is -2.34. The van der Waals surface area contributed by atoms with Crippen LogP contribution in [0.5, 0.6) is 0 Å². The van der Waals surface area contributed by atoms with E-state index in [1.54, 1.807) is 0 Å². The number of aromatic nitrogens is 2. The molecular weight excluding hydrogens is 265 g/mol. The molecule has 19 heavy (non-hydrogen) atoms. The van der Waals surface area contributed by atoms with E-state index in [1.165, 1.54) is 4.90 Å². The van der Waals surface area contributed by atoms with E-state index in [9.17, 15) is 18.0 Å². The van der Waals surface area contributed by atoms with Crippen LogP contribution >= 0.6 is 0 Å². The summed E-state index contributed by atoms with van der Waals surface area (Å²) in [6, 6.07) is 1.23. The van der Waals surface area contributed by atoms with Crippen LogP contribution in [0.15, 0.2) is 12.1 Å². The van der Waals surface area contributed by atoms with Crippen molar-refractivity contribution >= 4 is 11.7 Å². The predicted molar refractivity (Wildman–Crippen MR) is 58.2 cm³/mol. The molecule has 0 spiro atoms. The summed E-state index contributed by atoms with van der Waals surface area (Å²) in [6.07, 6.45) is -4.54. The number of alkyl halides is 3. The van der Waals surface area contributed by atoms with E-state index in [4.69, 9.17) is 10.5 Å². The summed E-state index contributed by atoms with van der Waals surface area (Å²) >= 11 is 0. The second-order valence-electron chi connectivity index (χ2n) is 3.96. The number of ether oxygens (including phenoxy) is 1. The Labute approximate surface area is 106 Å². The Hall–Kier alpha value is -1.90. The van der Waals surface area contributed by atoms with E-state index in [0.29, 0.717) is 13.2 Å². The second-order valence-corrected chi connectivity index (χ2v) is 3.96. The van der Waals surface area contributed by atoms with Crippen molar-refractivity contribution in [1.82, 2.24) is 10.2 Å². The Kier molecular flexibility index (Phi) is 3.56. The fourth-order valence-electron chi connectivity index (χ4n) is 1.74. The van der Waals surface area contributed by atoms with Crippen molar-refractivity contribution in [3.05, 3.63) is 17.8 Å². The van der Waals surface area contributed by atoms with Gasteiger partial charge in [0, 0.05) is 6.54 Å². The SMILES string of the molecule is NC(=O)C1COCCN1c1ccc(C(F)(F)F)nn1. The molecule has 2 heterocycles. The lowest BCUT2D eigenvalue weighted by atomic mass is 10.2. The molecule has 0 bridgehead atoms. The first kappa shape index (κ1) is 13.5. The Bertz CT molecular complexity index is 463. The third-order valence-electron chi connectivity index (χ3n) is 2.69. The van der Waals surface area contributed by atoms with Gasteiger partial charge >= 0.3 is 6.18 Å². The summed E-state index contributed by atoms with van der Waals surface area (Å²) in [5.74, 6) is -0.457. The number of primary amides is 1. The van der Waals surface area contributed by atoms with Gasteiger partial charge in [0.1, 0.15) is 6.04 Å². The Morgan fingerprint density at radius 1 is 1.42 bits per heavy atom. The number of rotatable bonds is 2. The molecule has 1 aromatic heterocycles. The zero-order valence-corrected chi connectivity index (χ0v) is 9.72. The Morgan fingerprint density at radius 2 is 2.16 bits per heavy atom. The maximum Gasteiger partial charge on any atom is 0.435 e. The van der Waals surface area contributed by atoms with Gasteiger partial charge in [0.15, 0.2) is 11.5 Å². The molecule has 1 aromatic rings. The molecule has 1 unspecified atom stereocenters. The molecule has 1 fully saturated rings. The highest BCUT2D eigenvalue weighted by Crippen LogP contribution is 2.28. The molecule has 0 saturated carbocycles. The van der Waals surface area contributed by atoms with Crippen LogP contribution in [0.4, 0.5) is 19.0 Å². The van der Waals surface area contributed by atoms with Crippen LogP contribution in [-0.2, 0) is 15.7 Å². The molecule has 2 N–H and O–H groups in total. The van der Waals surface area contributed by atoms with Crippen molar-refractivity contribution in [2.24, 2.45) is 5.73 Å². The van der Waals surface area contributed by atoms with Gasteiger partial charge in [-0.2, -0.15) is 13.2 Å². The largest absolute Gasteiger partial charge is 0.435 e. The van der Waals surface area contributed by atoms with Crippen molar-refractivity contribution < 1.29 is 22.7 Å². The highest BCUT2D eigenvalue weighted by atomic mass is 19.4. The maximum absolute atomic E-state index is 12.4. The number of nitrogens with zero attached hydrogens (tertiary/aromatic N) is 3. The fraction of sp³-hybridized carbons (Fsp3) is 0.500. The first-order valence-corrected chi connectivity index (χ1v) is 5.44. The lowest BCUT2D eigenvalue weighted by Crippen LogP contribution is -2.53. The number of hydrogen-bond donors (Lipinski definition) is 1. The van der Waals surface area contributed by atoms with Gasteiger partial charge < -0.3 is 15.4 Å². The average molecular weight is 276 g/mol. The number of carbonyl (C=O) groups excluding carboxylic acids is 1. The first-order chi connectivity index (χ1) is 8.89. The molecule has 0 aliphatic carbocycles. The molecule has 1 saturated heterocycles. The standard InChI is InChI=1S/C10H11F3N4O2/c11-10(12,13)7-1-2-8(16-15-7)17-3-4-19-5-6(17)9(14)18/h1-2,6H,3-5H2,(H2,14,18). The molecule has 1 aliphatic heterocycles. The third kappa shape index (κ3) is 2.92. The van der Waals surface area contributed by atoms with Crippen LogP contribution in [0.25, 0.3) is 0 Å². The zero-order valence-electron chi connectivity index (χ0n) is 9.72. The number of carbonyl (C=O) groups is 1. The molecule has 2 rings (SSSR count). The molecule has 1 amide bonds. The summed E-state index contributed by atoms with van der Waals surface area (Å²) in [4.78, 5) is 12.7. The van der Waals surface area contributed by atoms with Gasteiger partial charge in [-0.15, -0.1) is 10.2 Å². The molecular formula is C10H11F3N4O2. The van der Waals surface area contributed by atoms with Crippen LogP contribution in [0.1, 0.15) is 5.69 Å². The summed E-state index contributed by atoms with van der Waals surface area (Å²) in [6.45, 7) is 0.734. The van der Waals surface area contributed by atoms with E-state index in [-0.39, 0.29) is 12.4 Å². The smallest absolute Gasteiger partial charge is 0.377 e. The van der Waals surface area contributed by atoms with Crippen molar-refractivity contribution in [2.45, 2.75) is 12.2 Å². The summed E-state index contributed by atoms with van der Waals surface area (Å²) in [5.41, 5.74) is 4.12. The maximum atomic E-state index is 12.4. The van der Waals surface area contributed by atoms with Crippen molar-refractivity contribution in [3.8, 4) is 0 Å². The molecule has 0 aromatic carbocycles. The van der Waals surface area contributed by atoms with Crippen molar-refractivity contribution in [3.63, 3.8) is 0 Å². The highest BCUT2D eigenvalue weighted by molar-refractivity contribution is 5.83. The van der Waals surface area contributed by atoms with Gasteiger partial charge in [-0.1, -0.05) is 0 Å². The first-order valence-electron chi connectivity index (χ1n) is 5.44. The normalized spacial score (nSPS) is 20.4. The summed E-state index contributed by atoms with van der Waals surface area (Å²) in [5, 5.41) is 6.60. The number of morpholine rings is 1. The minimum atomic E-state index is -4.54. The van der Waals surface area contributed by atoms with E-state index in [2.05, 4.69) is 10.2 Å². The van der Waals surface area contributed by atoms with Gasteiger partial charge in [0.25, 0.3) is 0 Å². The molecule has 1 aliphatic rings. The minimum absolute atomic E-state index is 0.0814. The van der Waals surface area contributed by atoms with Gasteiger partial charge in [0.2, 0.25) is 5.91 Å². The molecule has 9 heteroatoms. The molecule has 6 nitrogen and oxygen atoms in total.